The number of anilines is 1. The van der Waals surface area contributed by atoms with Crippen LogP contribution in [-0.2, 0) is 16.0 Å². The third kappa shape index (κ3) is 3.86. The van der Waals surface area contributed by atoms with Gasteiger partial charge in [0.15, 0.2) is 0 Å². The standard InChI is InChI=1S/C19H17ClN4O4/c20-12-1-4-16-10(6-12)5-11(9-28-16)18(26)21-8-17(25)22-13-2-3-14-15(7-13)24-19(27)23-14/h1-4,6-7,11H,5,8-9H2,(H,21,26)(H,22,25)(H2,23,24,27). The summed E-state index contributed by atoms with van der Waals surface area (Å²) < 4.78 is 5.61. The van der Waals surface area contributed by atoms with Crippen molar-refractivity contribution in [3.05, 3.63) is 57.5 Å². The molecule has 4 N–H and O–H groups in total. The molecule has 2 amide bonds. The number of H-pyrrole nitrogens is 2. The van der Waals surface area contributed by atoms with Gasteiger partial charge in [-0.15, -0.1) is 0 Å². The number of ether oxygens (including phenoxy) is 1. The van der Waals surface area contributed by atoms with Gasteiger partial charge in [0.1, 0.15) is 12.4 Å². The van der Waals surface area contributed by atoms with Gasteiger partial charge in [-0.1, -0.05) is 11.6 Å². The number of fused-ring (bicyclic) bond motifs is 2. The minimum atomic E-state index is -0.389. The van der Waals surface area contributed by atoms with Gasteiger partial charge in [-0.3, -0.25) is 9.59 Å². The van der Waals surface area contributed by atoms with Crippen LogP contribution in [0.15, 0.2) is 41.2 Å². The second-order valence-electron chi connectivity index (χ2n) is 6.57. The smallest absolute Gasteiger partial charge is 0.323 e. The van der Waals surface area contributed by atoms with Crippen LogP contribution in [0.4, 0.5) is 5.69 Å². The normalized spacial score (nSPS) is 15.5. The molecule has 0 saturated heterocycles. The molecule has 0 bridgehead atoms. The number of benzene rings is 2. The van der Waals surface area contributed by atoms with Crippen LogP contribution in [0.2, 0.25) is 5.02 Å². The quantitative estimate of drug-likeness (QED) is 0.534. The van der Waals surface area contributed by atoms with Crippen molar-refractivity contribution in [1.82, 2.24) is 15.3 Å². The molecule has 0 aliphatic carbocycles. The Bertz CT molecular complexity index is 1120. The fourth-order valence-electron chi connectivity index (χ4n) is 3.16. The summed E-state index contributed by atoms with van der Waals surface area (Å²) in [6.07, 6.45) is 0.501. The van der Waals surface area contributed by atoms with E-state index >= 15 is 0 Å². The highest BCUT2D eigenvalue weighted by Gasteiger charge is 2.26. The number of hydrogen-bond donors (Lipinski definition) is 4. The molecule has 28 heavy (non-hydrogen) atoms. The molecule has 1 aliphatic rings. The first-order valence-corrected chi connectivity index (χ1v) is 9.06. The number of imidazole rings is 1. The summed E-state index contributed by atoms with van der Waals surface area (Å²) >= 11 is 5.99. The Morgan fingerprint density at radius 3 is 2.82 bits per heavy atom. The van der Waals surface area contributed by atoms with E-state index in [-0.39, 0.29) is 36.6 Å². The van der Waals surface area contributed by atoms with E-state index < -0.39 is 0 Å². The summed E-state index contributed by atoms with van der Waals surface area (Å²) in [7, 11) is 0. The number of carbonyl (C=O) groups is 2. The number of aromatic nitrogens is 2. The highest BCUT2D eigenvalue weighted by Crippen LogP contribution is 2.29. The number of nitrogens with one attached hydrogen (secondary N) is 4. The van der Waals surface area contributed by atoms with Gasteiger partial charge in [-0.2, -0.15) is 0 Å². The summed E-state index contributed by atoms with van der Waals surface area (Å²) in [6.45, 7) is 0.0824. The molecule has 8 nitrogen and oxygen atoms in total. The van der Waals surface area contributed by atoms with Crippen molar-refractivity contribution >= 4 is 40.1 Å². The van der Waals surface area contributed by atoms with Gasteiger partial charge >= 0.3 is 5.69 Å². The SMILES string of the molecule is O=C(CNC(=O)C1COc2ccc(Cl)cc2C1)Nc1ccc2[nH]c(=O)[nH]c2c1. The van der Waals surface area contributed by atoms with Crippen molar-refractivity contribution < 1.29 is 14.3 Å². The predicted octanol–water partition coefficient (Wildman–Crippen LogP) is 1.82. The Morgan fingerprint density at radius 2 is 1.96 bits per heavy atom. The van der Waals surface area contributed by atoms with Crippen LogP contribution in [0, 0.1) is 5.92 Å². The average Bonchev–Trinajstić information content (AvgIpc) is 3.04. The van der Waals surface area contributed by atoms with Crippen molar-refractivity contribution in [2.24, 2.45) is 5.92 Å². The van der Waals surface area contributed by atoms with Crippen LogP contribution in [0.3, 0.4) is 0 Å². The van der Waals surface area contributed by atoms with Crippen LogP contribution < -0.4 is 21.1 Å². The molecule has 0 fully saturated rings. The molecular formula is C19H17ClN4O4. The van der Waals surface area contributed by atoms with Crippen LogP contribution in [0.5, 0.6) is 5.75 Å². The Balaban J connectivity index is 1.32. The van der Waals surface area contributed by atoms with E-state index in [4.69, 9.17) is 16.3 Å². The first-order valence-electron chi connectivity index (χ1n) is 8.69. The topological polar surface area (TPSA) is 116 Å². The number of hydrogen-bond acceptors (Lipinski definition) is 4. The highest BCUT2D eigenvalue weighted by molar-refractivity contribution is 6.30. The average molecular weight is 401 g/mol. The molecule has 1 atom stereocenters. The zero-order valence-electron chi connectivity index (χ0n) is 14.7. The van der Waals surface area contributed by atoms with E-state index in [1.165, 1.54) is 0 Å². The first kappa shape index (κ1) is 18.1. The summed E-state index contributed by atoms with van der Waals surface area (Å²) in [5.74, 6) is -0.290. The molecular weight excluding hydrogens is 384 g/mol. The van der Waals surface area contributed by atoms with E-state index in [0.29, 0.717) is 28.2 Å². The number of rotatable bonds is 4. The lowest BCUT2D eigenvalue weighted by molar-refractivity contribution is -0.128. The zero-order chi connectivity index (χ0) is 19.7. The molecule has 1 aromatic heterocycles. The van der Waals surface area contributed by atoms with Gasteiger partial charge in [-0.05, 0) is 48.4 Å². The third-order valence-corrected chi connectivity index (χ3v) is 4.76. The molecule has 1 unspecified atom stereocenters. The second kappa shape index (κ2) is 7.40. The molecule has 2 aromatic carbocycles. The van der Waals surface area contributed by atoms with Crippen LogP contribution >= 0.6 is 11.6 Å². The summed E-state index contributed by atoms with van der Waals surface area (Å²) in [5.41, 5.74) is 2.31. The van der Waals surface area contributed by atoms with Crippen LogP contribution in [0.1, 0.15) is 5.56 Å². The third-order valence-electron chi connectivity index (χ3n) is 4.52. The lowest BCUT2D eigenvalue weighted by atomic mass is 9.96. The Morgan fingerprint density at radius 1 is 1.14 bits per heavy atom. The predicted molar refractivity (Wildman–Crippen MR) is 105 cm³/mol. The van der Waals surface area contributed by atoms with Gasteiger partial charge in [0, 0.05) is 10.7 Å². The number of carbonyl (C=O) groups excluding carboxylic acids is 2. The Hall–Kier alpha value is -3.26. The lowest BCUT2D eigenvalue weighted by Gasteiger charge is -2.24. The van der Waals surface area contributed by atoms with E-state index in [1.807, 2.05) is 0 Å². The maximum Gasteiger partial charge on any atom is 0.323 e. The maximum absolute atomic E-state index is 12.4. The van der Waals surface area contributed by atoms with Crippen molar-refractivity contribution in [3.8, 4) is 5.75 Å². The minimum Gasteiger partial charge on any atom is -0.492 e. The van der Waals surface area contributed by atoms with E-state index in [1.54, 1.807) is 36.4 Å². The largest absolute Gasteiger partial charge is 0.492 e. The molecule has 0 radical (unpaired) electrons. The molecule has 144 valence electrons. The lowest BCUT2D eigenvalue weighted by Crippen LogP contribution is -2.40. The number of aromatic amines is 2. The Kier molecular flexibility index (Phi) is 4.79. The van der Waals surface area contributed by atoms with Gasteiger partial charge < -0.3 is 25.3 Å². The van der Waals surface area contributed by atoms with Crippen molar-refractivity contribution in [1.29, 1.82) is 0 Å². The van der Waals surface area contributed by atoms with Crippen molar-refractivity contribution in [2.75, 3.05) is 18.5 Å². The maximum atomic E-state index is 12.4. The van der Waals surface area contributed by atoms with Gasteiger partial charge in [0.05, 0.1) is 23.5 Å². The Labute approximate surface area is 164 Å². The van der Waals surface area contributed by atoms with Crippen molar-refractivity contribution in [2.45, 2.75) is 6.42 Å². The molecule has 4 rings (SSSR count). The summed E-state index contributed by atoms with van der Waals surface area (Å²) in [5, 5.41) is 5.90. The van der Waals surface area contributed by atoms with E-state index in [2.05, 4.69) is 20.6 Å². The fourth-order valence-corrected chi connectivity index (χ4v) is 3.35. The van der Waals surface area contributed by atoms with E-state index in [0.717, 1.165) is 11.3 Å². The molecule has 0 saturated carbocycles. The molecule has 2 heterocycles. The van der Waals surface area contributed by atoms with Crippen molar-refractivity contribution in [3.63, 3.8) is 0 Å². The highest BCUT2D eigenvalue weighted by atomic mass is 35.5. The molecule has 9 heteroatoms. The molecule has 0 spiro atoms. The second-order valence-corrected chi connectivity index (χ2v) is 7.01. The van der Waals surface area contributed by atoms with Gasteiger partial charge in [-0.25, -0.2) is 4.79 Å². The fraction of sp³-hybridized carbons (Fsp3) is 0.211. The van der Waals surface area contributed by atoms with Gasteiger partial charge in [0.2, 0.25) is 11.8 Å². The van der Waals surface area contributed by atoms with Crippen LogP contribution in [0.25, 0.3) is 11.0 Å². The molecule has 3 aromatic rings. The minimum absolute atomic E-state index is 0.167. The molecule has 1 aliphatic heterocycles. The monoisotopic (exact) mass is 400 g/mol. The number of halogens is 1. The first-order chi connectivity index (χ1) is 13.5. The summed E-state index contributed by atoms with van der Waals surface area (Å²) in [4.78, 5) is 41.0. The zero-order valence-corrected chi connectivity index (χ0v) is 15.4. The number of amides is 2. The van der Waals surface area contributed by atoms with Gasteiger partial charge in [0.25, 0.3) is 0 Å². The summed E-state index contributed by atoms with van der Waals surface area (Å²) in [6, 6.07) is 10.3. The van der Waals surface area contributed by atoms with Crippen LogP contribution in [-0.4, -0.2) is 34.9 Å². The van der Waals surface area contributed by atoms with E-state index in [9.17, 15) is 14.4 Å².